The van der Waals surface area contributed by atoms with Crippen LogP contribution in [0.5, 0.6) is 0 Å². The van der Waals surface area contributed by atoms with Crippen LogP contribution < -0.4 is 0 Å². The van der Waals surface area contributed by atoms with Crippen molar-refractivity contribution >= 4 is 17.9 Å². The van der Waals surface area contributed by atoms with Gasteiger partial charge in [-0.15, -0.1) is 0 Å². The molecule has 4 aliphatic rings. The third kappa shape index (κ3) is 14.3. The van der Waals surface area contributed by atoms with E-state index in [4.69, 9.17) is 66.3 Å². The molecule has 17 heteroatoms. The number of methoxy groups -OCH3 is 1. The smallest absolute Gasteiger partial charge is 0.309 e. The van der Waals surface area contributed by atoms with E-state index in [-0.39, 0.29) is 26.4 Å². The topological polar surface area (TPSA) is 180 Å². The number of fused-ring (bicyclic) bond motifs is 1. The second-order valence-electron chi connectivity index (χ2n) is 19.9. The largest absolute Gasteiger partial charge is 0.457 e. The van der Waals surface area contributed by atoms with Gasteiger partial charge < -0.3 is 66.3 Å². The van der Waals surface area contributed by atoms with Crippen LogP contribution in [0, 0.1) is 11.8 Å². The van der Waals surface area contributed by atoms with E-state index in [9.17, 15) is 14.4 Å². The highest BCUT2D eigenvalue weighted by molar-refractivity contribution is 5.73. The van der Waals surface area contributed by atoms with Crippen LogP contribution in [0.4, 0.5) is 0 Å². The standard InChI is InChI=1S/C59H74O17/c1-9-35(3)54(61)72-46-38(6)69-59(76-52-50(70-39(7)60)47-44(71-57(52)63-8)34-67-56(74-47)43-29-21-14-22-30-43)53(73-55(62)36(4)10-2)49(46)75-58-51(66-33-42-27-19-13-20-28-42)48(65-32-41-25-17-12-18-26-41)45(37(5)68-58)64-31-40-23-15-11-16-24-40/h11-30,35-38,44-53,56-59H,9-10,31-34H2,1-8H3/t35-,36-,37-,38-,44+,45-,46-,47+,48+,49+,50-,51+,52+,53+,56+,57+,58-,59-/m0/s1. The van der Waals surface area contributed by atoms with Gasteiger partial charge in [0.1, 0.15) is 36.6 Å². The lowest BCUT2D eigenvalue weighted by Crippen LogP contribution is -2.68. The molecule has 4 aliphatic heterocycles. The van der Waals surface area contributed by atoms with E-state index in [1.807, 2.05) is 142 Å². The molecule has 0 amide bonds. The Kier molecular flexibility index (Phi) is 20.6. The van der Waals surface area contributed by atoms with Crippen LogP contribution in [-0.2, 0) is 101 Å². The van der Waals surface area contributed by atoms with Crippen molar-refractivity contribution in [1.82, 2.24) is 0 Å². The summed E-state index contributed by atoms with van der Waals surface area (Å²) in [7, 11) is 1.43. The molecule has 0 N–H and O–H groups in total. The third-order valence-electron chi connectivity index (χ3n) is 14.3. The molecule has 0 saturated carbocycles. The van der Waals surface area contributed by atoms with E-state index in [0.29, 0.717) is 12.8 Å². The molecular weight excluding hydrogens is 981 g/mol. The highest BCUT2D eigenvalue weighted by Gasteiger charge is 2.59. The van der Waals surface area contributed by atoms with Gasteiger partial charge in [0.05, 0.1) is 50.5 Å². The lowest BCUT2D eigenvalue weighted by molar-refractivity contribution is -0.399. The average molecular weight is 1060 g/mol. The van der Waals surface area contributed by atoms with Gasteiger partial charge in [-0.2, -0.15) is 0 Å². The van der Waals surface area contributed by atoms with Gasteiger partial charge in [-0.1, -0.05) is 149 Å². The fraction of sp³-hybridized carbons (Fsp3) is 0.542. The monoisotopic (exact) mass is 1050 g/mol. The summed E-state index contributed by atoms with van der Waals surface area (Å²) in [6, 6.07) is 38.6. The van der Waals surface area contributed by atoms with Crippen LogP contribution in [0.2, 0.25) is 0 Å². The first-order valence-corrected chi connectivity index (χ1v) is 26.5. The highest BCUT2D eigenvalue weighted by atomic mass is 16.8. The van der Waals surface area contributed by atoms with Gasteiger partial charge in [-0.25, -0.2) is 0 Å². The Labute approximate surface area is 445 Å². The Morgan fingerprint density at radius 2 is 0.974 bits per heavy atom. The van der Waals surface area contributed by atoms with Crippen molar-refractivity contribution in [2.24, 2.45) is 11.8 Å². The second kappa shape index (κ2) is 27.4. The number of esters is 3. The van der Waals surface area contributed by atoms with Gasteiger partial charge in [0.15, 0.2) is 49.6 Å². The fourth-order valence-electron chi connectivity index (χ4n) is 9.63. The zero-order chi connectivity index (χ0) is 53.7. The molecule has 8 rings (SSSR count). The molecule has 0 spiro atoms. The van der Waals surface area contributed by atoms with Gasteiger partial charge in [-0.05, 0) is 43.4 Å². The van der Waals surface area contributed by atoms with Crippen molar-refractivity contribution in [3.8, 4) is 0 Å². The molecule has 4 aromatic rings. The van der Waals surface area contributed by atoms with Crippen molar-refractivity contribution in [3.63, 3.8) is 0 Å². The molecule has 0 radical (unpaired) electrons. The van der Waals surface area contributed by atoms with Crippen LogP contribution in [0.3, 0.4) is 0 Å². The summed E-state index contributed by atoms with van der Waals surface area (Å²) in [4.78, 5) is 41.4. The summed E-state index contributed by atoms with van der Waals surface area (Å²) in [5.74, 6) is -2.88. The average Bonchev–Trinajstić information content (AvgIpc) is 3.44. The minimum absolute atomic E-state index is 0.0708. The number of carbonyl (C=O) groups is 3. The SMILES string of the molecule is CC[C@H](C)C(=O)O[C@@H]1[C@@H](O[C@@H]2O[C@@H](C)[C@H](OCc3ccccc3)[C@@H](OCc3ccccc3)[C@H]2OCc2ccccc2)[C@@H](OC(=O)[C@@H](C)CC)[C@H](O[C@H]2[C@H](OC)O[C@@H]3CO[C@@H](c4ccccc4)O[C@H]3[C@@H]2OC(C)=O)O[C@H]1C. The maximum atomic E-state index is 14.3. The van der Waals surface area contributed by atoms with Crippen molar-refractivity contribution < 1.29 is 80.7 Å². The van der Waals surface area contributed by atoms with Gasteiger partial charge >= 0.3 is 17.9 Å². The number of hydrogen-bond acceptors (Lipinski definition) is 17. The van der Waals surface area contributed by atoms with Gasteiger partial charge in [0, 0.05) is 19.6 Å². The van der Waals surface area contributed by atoms with E-state index in [0.717, 1.165) is 22.3 Å². The van der Waals surface area contributed by atoms with Crippen LogP contribution in [-0.4, -0.2) is 124 Å². The molecule has 4 aromatic carbocycles. The molecule has 4 fully saturated rings. The van der Waals surface area contributed by atoms with Crippen molar-refractivity contribution in [1.29, 1.82) is 0 Å². The molecule has 0 aromatic heterocycles. The summed E-state index contributed by atoms with van der Waals surface area (Å²) in [5, 5.41) is 0. The van der Waals surface area contributed by atoms with Crippen molar-refractivity contribution in [2.75, 3.05) is 13.7 Å². The van der Waals surface area contributed by atoms with E-state index in [2.05, 4.69) is 0 Å². The quantitative estimate of drug-likeness (QED) is 0.0541. The Balaban J connectivity index is 1.19. The number of rotatable bonds is 22. The minimum Gasteiger partial charge on any atom is -0.457 e. The van der Waals surface area contributed by atoms with Crippen LogP contribution in [0.1, 0.15) is 89.9 Å². The van der Waals surface area contributed by atoms with Crippen molar-refractivity contribution in [2.45, 2.75) is 180 Å². The van der Waals surface area contributed by atoms with E-state index in [1.54, 1.807) is 20.8 Å². The van der Waals surface area contributed by atoms with Gasteiger partial charge in [-0.3, -0.25) is 14.4 Å². The summed E-state index contributed by atoms with van der Waals surface area (Å²) in [6.45, 7) is 12.7. The number of ether oxygens (including phenoxy) is 14. The number of carbonyl (C=O) groups excluding carboxylic acids is 3. The maximum Gasteiger partial charge on any atom is 0.309 e. The molecule has 18 atom stereocenters. The van der Waals surface area contributed by atoms with Gasteiger partial charge in [0.2, 0.25) is 0 Å². The third-order valence-corrected chi connectivity index (χ3v) is 14.3. The summed E-state index contributed by atoms with van der Waals surface area (Å²) >= 11 is 0. The molecule has 0 aliphatic carbocycles. The Bertz CT molecular complexity index is 2400. The molecule has 412 valence electrons. The second-order valence-corrected chi connectivity index (χ2v) is 19.9. The molecule has 0 bridgehead atoms. The summed E-state index contributed by atoms with van der Waals surface area (Å²) in [6.07, 6.45) is -16.3. The first-order valence-electron chi connectivity index (χ1n) is 26.5. The van der Waals surface area contributed by atoms with Crippen LogP contribution in [0.25, 0.3) is 0 Å². The minimum atomic E-state index is -1.51. The molecule has 0 unspecified atom stereocenters. The Hall–Kier alpha value is -5.15. The molecule has 17 nitrogen and oxygen atoms in total. The van der Waals surface area contributed by atoms with Crippen LogP contribution >= 0.6 is 0 Å². The predicted molar refractivity (Wildman–Crippen MR) is 273 cm³/mol. The maximum absolute atomic E-state index is 14.3. The normalized spacial score (nSPS) is 32.3. The first-order chi connectivity index (χ1) is 36.8. The van der Waals surface area contributed by atoms with Gasteiger partial charge in [0.25, 0.3) is 0 Å². The molecule has 4 saturated heterocycles. The van der Waals surface area contributed by atoms with Crippen LogP contribution in [0.15, 0.2) is 121 Å². The molecule has 4 heterocycles. The lowest BCUT2D eigenvalue weighted by atomic mass is 9.95. The zero-order valence-electron chi connectivity index (χ0n) is 44.6. The first kappa shape index (κ1) is 57.0. The fourth-order valence-corrected chi connectivity index (χ4v) is 9.63. The highest BCUT2D eigenvalue weighted by Crippen LogP contribution is 2.41. The summed E-state index contributed by atoms with van der Waals surface area (Å²) < 4.78 is 92.3. The van der Waals surface area contributed by atoms with E-state index >= 15 is 0 Å². The van der Waals surface area contributed by atoms with E-state index in [1.165, 1.54) is 14.0 Å². The Morgan fingerprint density at radius 3 is 1.49 bits per heavy atom. The number of hydrogen-bond donors (Lipinski definition) is 0. The predicted octanol–water partition coefficient (Wildman–Crippen LogP) is 8.34. The van der Waals surface area contributed by atoms with E-state index < -0.39 is 128 Å². The lowest BCUT2D eigenvalue weighted by Gasteiger charge is -2.51. The molecule has 76 heavy (non-hydrogen) atoms. The molecular formula is C59H74O17. The Morgan fingerprint density at radius 1 is 0.513 bits per heavy atom. The summed E-state index contributed by atoms with van der Waals surface area (Å²) in [5.41, 5.74) is 3.46. The number of benzene rings is 4. The zero-order valence-corrected chi connectivity index (χ0v) is 44.6. The van der Waals surface area contributed by atoms with Crippen molar-refractivity contribution in [3.05, 3.63) is 144 Å².